The number of ether oxygens (including phenoxy) is 1. The molecule has 0 saturated heterocycles. The molecule has 3 aromatic rings. The summed E-state index contributed by atoms with van der Waals surface area (Å²) in [7, 11) is 1.55. The number of hydrogen-bond donors (Lipinski definition) is 2. The molecule has 8 nitrogen and oxygen atoms in total. The van der Waals surface area contributed by atoms with Crippen LogP contribution in [0.3, 0.4) is 0 Å². The van der Waals surface area contributed by atoms with E-state index in [1.165, 1.54) is 21.3 Å². The summed E-state index contributed by atoms with van der Waals surface area (Å²) in [5.41, 5.74) is 0.478. The number of aromatic nitrogens is 2. The van der Waals surface area contributed by atoms with Crippen LogP contribution in [0.5, 0.6) is 5.75 Å². The molecule has 152 valence electrons. The van der Waals surface area contributed by atoms with Crippen LogP contribution in [0.2, 0.25) is 0 Å². The van der Waals surface area contributed by atoms with Crippen molar-refractivity contribution in [3.05, 3.63) is 75.7 Å². The van der Waals surface area contributed by atoms with Crippen LogP contribution in [0.1, 0.15) is 26.3 Å². The van der Waals surface area contributed by atoms with E-state index >= 15 is 0 Å². The van der Waals surface area contributed by atoms with E-state index in [1.807, 2.05) is 0 Å². The first-order chi connectivity index (χ1) is 14.4. The van der Waals surface area contributed by atoms with Crippen molar-refractivity contribution >= 4 is 28.8 Å². The Bertz CT molecular complexity index is 1200. The van der Waals surface area contributed by atoms with Crippen molar-refractivity contribution in [3.63, 3.8) is 0 Å². The van der Waals surface area contributed by atoms with Crippen LogP contribution in [-0.2, 0) is 26.1 Å². The van der Waals surface area contributed by atoms with Crippen LogP contribution in [0.15, 0.2) is 53.5 Å². The number of amides is 1. The van der Waals surface area contributed by atoms with Gasteiger partial charge in [0.15, 0.2) is 0 Å². The third kappa shape index (κ3) is 4.58. The van der Waals surface area contributed by atoms with E-state index in [2.05, 4.69) is 10.3 Å². The number of pyridine rings is 2. The average molecular weight is 573 g/mol. The standard InChI is InChI=1S/C21H19N3O5.Ta/c1-29-11-10-23-20(27)14-5-2-4-13(12-14)7-8-16(25)17-18(26)15-6-3-9-22-19(15)24-21(17)28;/h2-9,12H,10-11H2,1H3,(H3,22,23,24,25,26,27,28);/q;+1/p-1/b8-7+;. The number of allylic oxidation sites excluding steroid dienone is 1. The molecule has 0 aliphatic rings. The van der Waals surface area contributed by atoms with Crippen molar-refractivity contribution in [2.45, 2.75) is 0 Å². The Balaban J connectivity index is 1.88. The first kappa shape index (κ1) is 21.7. The Hall–Kier alpha value is -3.04. The molecule has 0 aliphatic heterocycles. The second-order valence-electron chi connectivity index (χ2n) is 6.29. The van der Waals surface area contributed by atoms with E-state index in [4.69, 9.17) is 4.74 Å². The molecule has 0 bridgehead atoms. The average Bonchev–Trinajstić information content (AvgIpc) is 2.76. The first-order valence-corrected chi connectivity index (χ1v) is 10.4. The molecule has 0 saturated carbocycles. The van der Waals surface area contributed by atoms with Crippen LogP contribution in [-0.4, -0.2) is 45.0 Å². The van der Waals surface area contributed by atoms with Crippen LogP contribution in [0.25, 0.3) is 17.1 Å². The van der Waals surface area contributed by atoms with Gasteiger partial charge in [0.25, 0.3) is 0 Å². The Morgan fingerprint density at radius 3 is 2.87 bits per heavy atom. The molecule has 2 heterocycles. The van der Waals surface area contributed by atoms with Gasteiger partial charge in [-0.2, -0.15) is 0 Å². The van der Waals surface area contributed by atoms with Crippen LogP contribution < -0.4 is 10.9 Å². The van der Waals surface area contributed by atoms with Crippen LogP contribution >= 0.6 is 0 Å². The van der Waals surface area contributed by atoms with Crippen LogP contribution in [0.4, 0.5) is 0 Å². The number of rotatable bonds is 7. The maximum atomic E-state index is 12.7. The molecule has 30 heavy (non-hydrogen) atoms. The van der Waals surface area contributed by atoms with Gasteiger partial charge in [-0.15, -0.1) is 0 Å². The van der Waals surface area contributed by atoms with Gasteiger partial charge in [0.1, 0.15) is 0 Å². The molecule has 0 spiro atoms. The number of carbonyl (C=O) groups is 2. The predicted molar refractivity (Wildman–Crippen MR) is 107 cm³/mol. The third-order valence-electron chi connectivity index (χ3n) is 4.30. The second kappa shape index (κ2) is 9.64. The van der Waals surface area contributed by atoms with Crippen molar-refractivity contribution in [1.29, 1.82) is 0 Å². The van der Waals surface area contributed by atoms with Crippen molar-refractivity contribution in [1.82, 2.24) is 13.3 Å². The summed E-state index contributed by atoms with van der Waals surface area (Å²) >= 11 is 0.545. The molecule has 0 unspecified atom stereocenters. The Morgan fingerprint density at radius 1 is 1.30 bits per heavy atom. The first-order valence-electron chi connectivity index (χ1n) is 8.95. The zero-order valence-electron chi connectivity index (χ0n) is 16.0. The summed E-state index contributed by atoms with van der Waals surface area (Å²) in [6, 6.07) is 9.93. The predicted octanol–water partition coefficient (Wildman–Crippen LogP) is 1.68. The number of ketones is 1. The van der Waals surface area contributed by atoms with Gasteiger partial charge < -0.3 is 4.74 Å². The zero-order chi connectivity index (χ0) is 21.7. The maximum absolute atomic E-state index is 12.7. The molecule has 3 rings (SSSR count). The molecule has 1 aromatic carbocycles. The number of aromatic hydroxyl groups is 1. The summed E-state index contributed by atoms with van der Waals surface area (Å²) in [4.78, 5) is 41.5. The Kier molecular flexibility index (Phi) is 6.96. The molecule has 9 heteroatoms. The molecule has 0 atom stereocenters. The van der Waals surface area contributed by atoms with Crippen LogP contribution in [0, 0.1) is 0 Å². The normalized spacial score (nSPS) is 11.1. The SMILES string of the molecule is COCCNC(=O)c1cccc(/C=C/C(=O)c2c(O)c3cccnc3[n]([Ta])c2=O)c1. The van der Waals surface area contributed by atoms with Gasteiger partial charge in [0.05, 0.1) is 6.61 Å². The Labute approximate surface area is 184 Å². The van der Waals surface area contributed by atoms with E-state index in [0.29, 0.717) is 56.6 Å². The molecule has 0 radical (unpaired) electrons. The van der Waals surface area contributed by atoms with E-state index in [-0.39, 0.29) is 17.2 Å². The monoisotopic (exact) mass is 573 g/mol. The fourth-order valence-electron chi connectivity index (χ4n) is 2.82. The van der Waals surface area contributed by atoms with Gasteiger partial charge in [0.2, 0.25) is 0 Å². The molecule has 2 N–H and O–H groups in total. The number of hydrogen-bond acceptors (Lipinski definition) is 6. The molecular formula is C21H18N3O5Ta. The van der Waals surface area contributed by atoms with Gasteiger partial charge in [-0.1, -0.05) is 0 Å². The van der Waals surface area contributed by atoms with Gasteiger partial charge >= 0.3 is 166 Å². The second-order valence-corrected chi connectivity index (χ2v) is 7.72. The van der Waals surface area contributed by atoms with E-state index in [0.717, 1.165) is 0 Å². The molecular weight excluding hydrogens is 555 g/mol. The summed E-state index contributed by atoms with van der Waals surface area (Å²) in [5.74, 6) is -1.27. The molecule has 1 amide bonds. The summed E-state index contributed by atoms with van der Waals surface area (Å²) in [6.07, 6.45) is 4.22. The van der Waals surface area contributed by atoms with Gasteiger partial charge in [-0.3, -0.25) is 0 Å². The van der Waals surface area contributed by atoms with E-state index in [9.17, 15) is 19.5 Å². The minimum atomic E-state index is -0.627. The van der Waals surface area contributed by atoms with Crippen molar-refractivity contribution in [3.8, 4) is 5.75 Å². The van der Waals surface area contributed by atoms with Gasteiger partial charge in [-0.25, -0.2) is 0 Å². The fraction of sp³-hybridized carbons (Fsp3) is 0.143. The number of benzene rings is 1. The summed E-state index contributed by atoms with van der Waals surface area (Å²) in [5, 5.41) is 13.5. The zero-order valence-corrected chi connectivity index (χ0v) is 19.2. The van der Waals surface area contributed by atoms with Crippen molar-refractivity contribution in [2.24, 2.45) is 0 Å². The van der Waals surface area contributed by atoms with E-state index < -0.39 is 11.3 Å². The fourth-order valence-corrected chi connectivity index (χ4v) is 3.75. The van der Waals surface area contributed by atoms with Crippen molar-refractivity contribution < 1.29 is 40.8 Å². The number of nitrogens with one attached hydrogen (secondary N) is 1. The molecule has 0 aliphatic carbocycles. The molecule has 0 fully saturated rings. The topological polar surface area (TPSA) is 111 Å². The quantitative estimate of drug-likeness (QED) is 0.253. The molecule has 2 aromatic heterocycles. The number of carbonyl (C=O) groups excluding carboxylic acids is 2. The van der Waals surface area contributed by atoms with Gasteiger partial charge in [-0.05, 0) is 0 Å². The number of methoxy groups -OCH3 is 1. The number of fused-ring (bicyclic) bond motifs is 1. The van der Waals surface area contributed by atoms with Crippen molar-refractivity contribution in [2.75, 3.05) is 20.3 Å². The van der Waals surface area contributed by atoms with E-state index in [1.54, 1.807) is 43.5 Å². The Morgan fingerprint density at radius 2 is 2.10 bits per heavy atom. The minimum absolute atomic E-state index is 0.258. The number of nitrogens with zero attached hydrogens (tertiary/aromatic N) is 2. The van der Waals surface area contributed by atoms with Gasteiger partial charge in [0, 0.05) is 7.11 Å². The summed E-state index contributed by atoms with van der Waals surface area (Å²) in [6.45, 7) is 0.789. The third-order valence-corrected chi connectivity index (χ3v) is 5.63. The summed E-state index contributed by atoms with van der Waals surface area (Å²) < 4.78 is 6.23.